The number of carbonyl (C=O) groups is 1. The van der Waals surface area contributed by atoms with Crippen molar-refractivity contribution in [3.63, 3.8) is 0 Å². The number of allylic oxidation sites excluding steroid dienone is 1. The molecule has 142 valence electrons. The van der Waals surface area contributed by atoms with Gasteiger partial charge in [-0.3, -0.25) is 0 Å². The predicted octanol–water partition coefficient (Wildman–Crippen LogP) is 5.06. The SMILES string of the molecule is CC1=CC[C@@]2(C)CC[C@@](O)(C(C)C)[C@@H]2[C@@H](OC(=O)c2ccc(C)cc2)C1. The van der Waals surface area contributed by atoms with Gasteiger partial charge in [0.1, 0.15) is 6.10 Å². The number of aryl methyl sites for hydroxylation is 1. The van der Waals surface area contributed by atoms with Gasteiger partial charge in [0, 0.05) is 12.3 Å². The Labute approximate surface area is 157 Å². The molecule has 1 fully saturated rings. The third-order valence-corrected chi connectivity index (χ3v) is 6.74. The third kappa shape index (κ3) is 3.34. The van der Waals surface area contributed by atoms with E-state index in [1.807, 2.05) is 31.2 Å². The molecular weight excluding hydrogens is 324 g/mol. The quantitative estimate of drug-likeness (QED) is 0.608. The average molecular weight is 357 g/mol. The van der Waals surface area contributed by atoms with E-state index in [9.17, 15) is 9.90 Å². The van der Waals surface area contributed by atoms with Crippen molar-refractivity contribution in [1.82, 2.24) is 0 Å². The lowest BCUT2D eigenvalue weighted by Gasteiger charge is -2.43. The molecule has 3 heteroatoms. The molecule has 0 radical (unpaired) electrons. The van der Waals surface area contributed by atoms with Crippen LogP contribution in [0.4, 0.5) is 0 Å². The maximum atomic E-state index is 12.8. The smallest absolute Gasteiger partial charge is 0.338 e. The van der Waals surface area contributed by atoms with Gasteiger partial charge in [-0.25, -0.2) is 4.79 Å². The highest BCUT2D eigenvalue weighted by Gasteiger charge is 2.59. The van der Waals surface area contributed by atoms with E-state index < -0.39 is 5.60 Å². The van der Waals surface area contributed by atoms with Crippen LogP contribution in [-0.2, 0) is 4.74 Å². The lowest BCUT2D eigenvalue weighted by Crippen LogP contribution is -2.50. The fourth-order valence-corrected chi connectivity index (χ4v) is 4.98. The van der Waals surface area contributed by atoms with Gasteiger partial charge in [0.25, 0.3) is 0 Å². The molecule has 1 saturated carbocycles. The predicted molar refractivity (Wildman–Crippen MR) is 104 cm³/mol. The van der Waals surface area contributed by atoms with Crippen LogP contribution < -0.4 is 0 Å². The number of hydrogen-bond acceptors (Lipinski definition) is 3. The van der Waals surface area contributed by atoms with Crippen molar-refractivity contribution in [3.05, 3.63) is 47.0 Å². The van der Waals surface area contributed by atoms with Crippen molar-refractivity contribution in [2.24, 2.45) is 17.3 Å². The van der Waals surface area contributed by atoms with Crippen LogP contribution in [0.1, 0.15) is 69.3 Å². The molecule has 0 heterocycles. The molecule has 1 aromatic carbocycles. The Morgan fingerprint density at radius 3 is 2.46 bits per heavy atom. The molecule has 4 atom stereocenters. The second-order valence-electron chi connectivity index (χ2n) is 9.05. The summed E-state index contributed by atoms with van der Waals surface area (Å²) in [5.41, 5.74) is 2.12. The molecule has 0 unspecified atom stereocenters. The molecule has 26 heavy (non-hydrogen) atoms. The molecule has 0 bridgehead atoms. The molecule has 1 aromatic rings. The van der Waals surface area contributed by atoms with Gasteiger partial charge in [0.2, 0.25) is 0 Å². The first-order chi connectivity index (χ1) is 12.2. The first kappa shape index (κ1) is 19.2. The van der Waals surface area contributed by atoms with Gasteiger partial charge in [0.15, 0.2) is 0 Å². The summed E-state index contributed by atoms with van der Waals surface area (Å²) >= 11 is 0. The number of rotatable bonds is 3. The van der Waals surface area contributed by atoms with E-state index in [0.717, 1.165) is 24.8 Å². The third-order valence-electron chi connectivity index (χ3n) is 6.74. The molecule has 0 amide bonds. The van der Waals surface area contributed by atoms with Gasteiger partial charge < -0.3 is 9.84 Å². The number of ether oxygens (including phenoxy) is 1. The summed E-state index contributed by atoms with van der Waals surface area (Å²) in [5.74, 6) is -0.198. The minimum Gasteiger partial charge on any atom is -0.458 e. The Kier molecular flexibility index (Phi) is 5.04. The topological polar surface area (TPSA) is 46.5 Å². The van der Waals surface area contributed by atoms with Crippen molar-refractivity contribution in [1.29, 1.82) is 0 Å². The second-order valence-corrected chi connectivity index (χ2v) is 9.05. The van der Waals surface area contributed by atoms with E-state index in [1.165, 1.54) is 5.57 Å². The molecule has 0 saturated heterocycles. The number of hydrogen-bond donors (Lipinski definition) is 1. The second kappa shape index (κ2) is 6.84. The Bertz CT molecular complexity index is 703. The number of fused-ring (bicyclic) bond motifs is 1. The molecule has 0 aromatic heterocycles. The molecule has 1 N–H and O–H groups in total. The van der Waals surface area contributed by atoms with Crippen molar-refractivity contribution < 1.29 is 14.6 Å². The van der Waals surface area contributed by atoms with Crippen LogP contribution in [-0.4, -0.2) is 22.8 Å². The van der Waals surface area contributed by atoms with Crippen LogP contribution in [0.15, 0.2) is 35.9 Å². The van der Waals surface area contributed by atoms with E-state index >= 15 is 0 Å². The maximum Gasteiger partial charge on any atom is 0.338 e. The Balaban J connectivity index is 1.92. The highest BCUT2D eigenvalue weighted by molar-refractivity contribution is 5.89. The van der Waals surface area contributed by atoms with Crippen molar-refractivity contribution >= 4 is 5.97 Å². The molecule has 3 nitrogen and oxygen atoms in total. The molecule has 0 spiro atoms. The molecule has 2 aliphatic carbocycles. The first-order valence-corrected chi connectivity index (χ1v) is 9.81. The summed E-state index contributed by atoms with van der Waals surface area (Å²) in [5, 5.41) is 11.5. The zero-order valence-corrected chi connectivity index (χ0v) is 16.7. The normalized spacial score (nSPS) is 34.2. The van der Waals surface area contributed by atoms with Crippen LogP contribution in [0.25, 0.3) is 0 Å². The molecular formula is C23H32O3. The van der Waals surface area contributed by atoms with Crippen molar-refractivity contribution in [3.8, 4) is 0 Å². The monoisotopic (exact) mass is 356 g/mol. The van der Waals surface area contributed by atoms with E-state index in [0.29, 0.717) is 12.0 Å². The summed E-state index contributed by atoms with van der Waals surface area (Å²) in [7, 11) is 0. The van der Waals surface area contributed by atoms with E-state index in [1.54, 1.807) is 0 Å². The highest BCUT2D eigenvalue weighted by Crippen LogP contribution is 2.58. The highest BCUT2D eigenvalue weighted by atomic mass is 16.5. The van der Waals surface area contributed by atoms with Crippen molar-refractivity contribution in [2.45, 2.75) is 72.0 Å². The summed E-state index contributed by atoms with van der Waals surface area (Å²) in [6, 6.07) is 7.50. The summed E-state index contributed by atoms with van der Waals surface area (Å²) in [6.45, 7) is 10.5. The van der Waals surface area contributed by atoms with Gasteiger partial charge in [0.05, 0.1) is 11.2 Å². The summed E-state index contributed by atoms with van der Waals surface area (Å²) in [4.78, 5) is 12.8. The zero-order valence-electron chi connectivity index (χ0n) is 16.7. The van der Waals surface area contributed by atoms with Crippen LogP contribution in [0.2, 0.25) is 0 Å². The largest absolute Gasteiger partial charge is 0.458 e. The van der Waals surface area contributed by atoms with Gasteiger partial charge in [-0.2, -0.15) is 0 Å². The van der Waals surface area contributed by atoms with E-state index in [-0.39, 0.29) is 29.3 Å². The van der Waals surface area contributed by atoms with Crippen molar-refractivity contribution in [2.75, 3.05) is 0 Å². The minimum atomic E-state index is -0.786. The van der Waals surface area contributed by atoms with Gasteiger partial charge in [-0.1, -0.05) is 50.1 Å². The average Bonchev–Trinajstić information content (AvgIpc) is 2.78. The fraction of sp³-hybridized carbons (Fsp3) is 0.609. The number of esters is 1. The van der Waals surface area contributed by atoms with E-state index in [4.69, 9.17) is 4.74 Å². The summed E-state index contributed by atoms with van der Waals surface area (Å²) < 4.78 is 6.05. The number of carbonyl (C=O) groups excluding carboxylic acids is 1. The Hall–Kier alpha value is -1.61. The number of benzene rings is 1. The summed E-state index contributed by atoms with van der Waals surface area (Å²) in [6.07, 6.45) is 5.37. The standard InChI is InChI=1S/C23H32O3/c1-15(2)23(25)13-12-22(5)11-10-17(4)14-19(20(22)23)26-21(24)18-8-6-16(3)7-9-18/h6-10,15,19-20,25H,11-14H2,1-5H3/t19-,20+,22-,23+/m0/s1. The Morgan fingerprint density at radius 2 is 1.85 bits per heavy atom. The lowest BCUT2D eigenvalue weighted by atomic mass is 9.67. The zero-order chi connectivity index (χ0) is 19.1. The maximum absolute atomic E-state index is 12.8. The van der Waals surface area contributed by atoms with Crippen LogP contribution in [0.3, 0.4) is 0 Å². The van der Waals surface area contributed by atoms with Crippen LogP contribution in [0.5, 0.6) is 0 Å². The molecule has 3 rings (SSSR count). The van der Waals surface area contributed by atoms with Crippen LogP contribution >= 0.6 is 0 Å². The number of aliphatic hydroxyl groups is 1. The molecule has 2 aliphatic rings. The molecule has 0 aliphatic heterocycles. The van der Waals surface area contributed by atoms with Gasteiger partial charge >= 0.3 is 5.97 Å². The first-order valence-electron chi connectivity index (χ1n) is 9.81. The van der Waals surface area contributed by atoms with Crippen LogP contribution in [0, 0.1) is 24.2 Å². The van der Waals surface area contributed by atoms with Gasteiger partial charge in [-0.15, -0.1) is 0 Å². The Morgan fingerprint density at radius 1 is 1.19 bits per heavy atom. The van der Waals surface area contributed by atoms with E-state index in [2.05, 4.69) is 33.8 Å². The minimum absolute atomic E-state index is 0.0327. The van der Waals surface area contributed by atoms with Gasteiger partial charge in [-0.05, 0) is 56.6 Å². The lowest BCUT2D eigenvalue weighted by molar-refractivity contribution is -0.112. The fourth-order valence-electron chi connectivity index (χ4n) is 4.98.